The van der Waals surface area contributed by atoms with Crippen LogP contribution in [0.15, 0.2) is 35.5 Å². The predicted molar refractivity (Wildman–Crippen MR) is 71.0 cm³/mol. The standard InChI is InChI=1S/C11H12Cl2N4/c12-8-1-2-9(13)7(5-8)6-11(15)16-4-3-10(14)17-11/h1-5,16H,6,15H2,(H2,14,17). The largest absolute Gasteiger partial charge is 0.384 e. The van der Waals surface area contributed by atoms with Crippen molar-refractivity contribution in [3.63, 3.8) is 0 Å². The second-order valence-corrected chi connectivity index (χ2v) is 4.69. The second-order valence-electron chi connectivity index (χ2n) is 3.85. The Hall–Kier alpha value is -1.23. The lowest BCUT2D eigenvalue weighted by atomic mass is 10.1. The first-order valence-corrected chi connectivity index (χ1v) is 5.76. The minimum absolute atomic E-state index is 0.379. The van der Waals surface area contributed by atoms with Gasteiger partial charge in [0.25, 0.3) is 0 Å². The molecular formula is C11H12Cl2N4. The van der Waals surface area contributed by atoms with E-state index in [0.717, 1.165) is 5.56 Å². The molecule has 0 bridgehead atoms. The third kappa shape index (κ3) is 2.91. The summed E-state index contributed by atoms with van der Waals surface area (Å²) in [6.45, 7) is 0. The minimum atomic E-state index is -0.979. The number of aliphatic imine (C=N–C) groups is 1. The second kappa shape index (κ2) is 4.56. The number of halogens is 2. The Morgan fingerprint density at radius 3 is 2.82 bits per heavy atom. The maximum atomic E-state index is 6.07. The molecule has 0 fully saturated rings. The number of nitrogens with two attached hydrogens (primary N) is 2. The maximum Gasteiger partial charge on any atom is 0.188 e. The quantitative estimate of drug-likeness (QED) is 0.765. The van der Waals surface area contributed by atoms with Crippen molar-refractivity contribution < 1.29 is 0 Å². The topological polar surface area (TPSA) is 76.4 Å². The molecule has 1 atom stereocenters. The molecular weight excluding hydrogens is 259 g/mol. The van der Waals surface area contributed by atoms with Crippen molar-refractivity contribution in [3.8, 4) is 0 Å². The van der Waals surface area contributed by atoms with Gasteiger partial charge in [-0.1, -0.05) is 23.2 Å². The first-order valence-electron chi connectivity index (χ1n) is 5.01. The molecule has 1 aromatic carbocycles. The molecule has 17 heavy (non-hydrogen) atoms. The van der Waals surface area contributed by atoms with E-state index in [2.05, 4.69) is 10.3 Å². The molecule has 4 nitrogen and oxygen atoms in total. The first kappa shape index (κ1) is 12.2. The summed E-state index contributed by atoms with van der Waals surface area (Å²) in [6.07, 6.45) is 3.71. The van der Waals surface area contributed by atoms with E-state index < -0.39 is 5.79 Å². The van der Waals surface area contributed by atoms with Crippen molar-refractivity contribution in [1.29, 1.82) is 0 Å². The number of rotatable bonds is 2. The number of amidine groups is 1. The fourth-order valence-electron chi connectivity index (χ4n) is 1.63. The number of hydrogen-bond donors (Lipinski definition) is 3. The molecule has 0 aliphatic carbocycles. The van der Waals surface area contributed by atoms with Gasteiger partial charge in [-0.2, -0.15) is 0 Å². The van der Waals surface area contributed by atoms with Crippen LogP contribution in [0.5, 0.6) is 0 Å². The smallest absolute Gasteiger partial charge is 0.188 e. The van der Waals surface area contributed by atoms with Crippen molar-refractivity contribution in [2.45, 2.75) is 12.2 Å². The molecule has 0 spiro atoms. The molecule has 1 heterocycles. The molecule has 0 saturated carbocycles. The fraction of sp³-hybridized carbons (Fsp3) is 0.182. The van der Waals surface area contributed by atoms with Gasteiger partial charge in [0.15, 0.2) is 5.79 Å². The van der Waals surface area contributed by atoms with Crippen LogP contribution in [0.25, 0.3) is 0 Å². The van der Waals surface area contributed by atoms with E-state index in [4.69, 9.17) is 34.7 Å². The molecule has 0 radical (unpaired) electrons. The SMILES string of the molecule is NC1=NC(N)(Cc2cc(Cl)ccc2Cl)NC=C1. The number of benzene rings is 1. The fourth-order valence-corrected chi connectivity index (χ4v) is 2.01. The lowest BCUT2D eigenvalue weighted by Crippen LogP contribution is -2.54. The molecule has 0 saturated heterocycles. The molecule has 1 aromatic rings. The van der Waals surface area contributed by atoms with E-state index in [1.54, 1.807) is 30.5 Å². The Bertz CT molecular complexity index is 498. The van der Waals surface area contributed by atoms with Crippen molar-refractivity contribution in [1.82, 2.24) is 5.32 Å². The normalized spacial score (nSPS) is 23.1. The average molecular weight is 271 g/mol. The number of hydrogen-bond acceptors (Lipinski definition) is 4. The zero-order chi connectivity index (χ0) is 12.5. The Kier molecular flexibility index (Phi) is 3.28. The highest BCUT2D eigenvalue weighted by Gasteiger charge is 2.26. The van der Waals surface area contributed by atoms with Crippen LogP contribution in [0.3, 0.4) is 0 Å². The molecule has 0 amide bonds. The summed E-state index contributed by atoms with van der Waals surface area (Å²) < 4.78 is 0. The third-order valence-electron chi connectivity index (χ3n) is 2.38. The van der Waals surface area contributed by atoms with E-state index in [9.17, 15) is 0 Å². The summed E-state index contributed by atoms with van der Waals surface area (Å²) in [6, 6.07) is 5.22. The summed E-state index contributed by atoms with van der Waals surface area (Å²) in [5, 5.41) is 4.16. The Morgan fingerprint density at radius 2 is 2.12 bits per heavy atom. The molecule has 0 aromatic heterocycles. The van der Waals surface area contributed by atoms with Crippen molar-refractivity contribution in [3.05, 3.63) is 46.1 Å². The highest BCUT2D eigenvalue weighted by Crippen LogP contribution is 2.24. The molecule has 1 unspecified atom stereocenters. The van der Waals surface area contributed by atoms with Gasteiger partial charge in [0, 0.05) is 22.7 Å². The van der Waals surface area contributed by atoms with Gasteiger partial charge in [0.1, 0.15) is 5.84 Å². The van der Waals surface area contributed by atoms with Gasteiger partial charge >= 0.3 is 0 Å². The van der Waals surface area contributed by atoms with E-state index in [-0.39, 0.29) is 0 Å². The van der Waals surface area contributed by atoms with Crippen molar-refractivity contribution >= 4 is 29.0 Å². The summed E-state index contributed by atoms with van der Waals surface area (Å²) >= 11 is 12.0. The van der Waals surface area contributed by atoms with Crippen LogP contribution in [0.4, 0.5) is 0 Å². The van der Waals surface area contributed by atoms with Crippen molar-refractivity contribution in [2.75, 3.05) is 0 Å². The molecule has 6 heteroatoms. The molecule has 90 valence electrons. The van der Waals surface area contributed by atoms with Gasteiger partial charge < -0.3 is 11.1 Å². The van der Waals surface area contributed by atoms with Crippen LogP contribution in [0.1, 0.15) is 5.56 Å². The van der Waals surface area contributed by atoms with Crippen molar-refractivity contribution in [2.24, 2.45) is 16.5 Å². The zero-order valence-electron chi connectivity index (χ0n) is 8.95. The van der Waals surface area contributed by atoms with E-state index in [1.165, 1.54) is 0 Å². The van der Waals surface area contributed by atoms with Gasteiger partial charge in [-0.15, -0.1) is 0 Å². The Morgan fingerprint density at radius 1 is 1.35 bits per heavy atom. The summed E-state index contributed by atoms with van der Waals surface area (Å²) in [7, 11) is 0. The number of nitrogens with zero attached hydrogens (tertiary/aromatic N) is 1. The summed E-state index contributed by atoms with van der Waals surface area (Å²) in [4.78, 5) is 4.15. The van der Waals surface area contributed by atoms with Crippen LogP contribution < -0.4 is 16.8 Å². The molecule has 5 N–H and O–H groups in total. The van der Waals surface area contributed by atoms with Crippen LogP contribution in [0, 0.1) is 0 Å². The summed E-state index contributed by atoms with van der Waals surface area (Å²) in [5.74, 6) is -0.600. The van der Waals surface area contributed by atoms with E-state index in [1.807, 2.05) is 0 Å². The van der Waals surface area contributed by atoms with Crippen LogP contribution in [-0.2, 0) is 6.42 Å². The Labute approximate surface area is 109 Å². The molecule has 1 aliphatic rings. The highest BCUT2D eigenvalue weighted by molar-refractivity contribution is 6.33. The van der Waals surface area contributed by atoms with Gasteiger partial charge in [-0.05, 0) is 29.8 Å². The molecule has 1 aliphatic heterocycles. The molecule has 2 rings (SSSR count). The van der Waals surface area contributed by atoms with Crippen LogP contribution in [-0.4, -0.2) is 11.6 Å². The summed E-state index contributed by atoms with van der Waals surface area (Å²) in [5.41, 5.74) is 12.5. The van der Waals surface area contributed by atoms with Gasteiger partial charge in [-0.25, -0.2) is 4.99 Å². The van der Waals surface area contributed by atoms with Gasteiger partial charge in [-0.3, -0.25) is 5.73 Å². The third-order valence-corrected chi connectivity index (χ3v) is 2.99. The average Bonchev–Trinajstić information content (AvgIpc) is 2.22. The first-order chi connectivity index (χ1) is 7.98. The lowest BCUT2D eigenvalue weighted by molar-refractivity contribution is 0.390. The zero-order valence-corrected chi connectivity index (χ0v) is 10.5. The predicted octanol–water partition coefficient (Wildman–Crippen LogP) is 1.62. The Balaban J connectivity index is 2.26. The van der Waals surface area contributed by atoms with Crippen LogP contribution in [0.2, 0.25) is 10.0 Å². The van der Waals surface area contributed by atoms with Crippen LogP contribution >= 0.6 is 23.2 Å². The van der Waals surface area contributed by atoms with Gasteiger partial charge in [0.05, 0.1) is 0 Å². The van der Waals surface area contributed by atoms with E-state index >= 15 is 0 Å². The van der Waals surface area contributed by atoms with Gasteiger partial charge in [0.2, 0.25) is 0 Å². The lowest BCUT2D eigenvalue weighted by Gasteiger charge is -2.28. The minimum Gasteiger partial charge on any atom is -0.384 e. The number of nitrogens with one attached hydrogen (secondary N) is 1. The van der Waals surface area contributed by atoms with E-state index in [0.29, 0.717) is 22.3 Å². The highest BCUT2D eigenvalue weighted by atomic mass is 35.5. The maximum absolute atomic E-state index is 6.07. The monoisotopic (exact) mass is 270 g/mol.